The second-order valence-electron chi connectivity index (χ2n) is 5.65. The second-order valence-corrected chi connectivity index (χ2v) is 5.65. The third-order valence-electron chi connectivity index (χ3n) is 3.90. The highest BCUT2D eigenvalue weighted by Gasteiger charge is 2.50. The van der Waals surface area contributed by atoms with Gasteiger partial charge in [-0.25, -0.2) is 9.18 Å². The smallest absolute Gasteiger partial charge is 0.325 e. The van der Waals surface area contributed by atoms with Gasteiger partial charge in [0.2, 0.25) is 0 Å². The summed E-state index contributed by atoms with van der Waals surface area (Å²) in [5.74, 6) is 0.239. The van der Waals surface area contributed by atoms with Gasteiger partial charge in [0.05, 0.1) is 12.9 Å². The summed E-state index contributed by atoms with van der Waals surface area (Å²) in [4.78, 5) is 25.8. The maximum absolute atomic E-state index is 12.8. The molecule has 0 bridgehead atoms. The van der Waals surface area contributed by atoms with Gasteiger partial charge in [-0.3, -0.25) is 9.69 Å². The standard InChI is InChI=1S/C17H17FN2O4/c1-17(14-4-2-10-24-14)15(21)20(16(22)19-17)9-3-11-23-13-7-5-12(18)6-8-13/h2,4-8,10H,3,9,11H2,1H3,(H,19,22). The summed E-state index contributed by atoms with van der Waals surface area (Å²) in [5.41, 5.74) is -1.18. The molecule has 1 N–H and O–H groups in total. The summed E-state index contributed by atoms with van der Waals surface area (Å²) >= 11 is 0. The number of urea groups is 1. The molecule has 1 unspecified atom stereocenters. The van der Waals surface area contributed by atoms with Crippen LogP contribution in [-0.4, -0.2) is 30.0 Å². The summed E-state index contributed by atoms with van der Waals surface area (Å²) in [6, 6.07) is 8.52. The lowest BCUT2D eigenvalue weighted by molar-refractivity contribution is -0.131. The van der Waals surface area contributed by atoms with E-state index >= 15 is 0 Å². The molecule has 2 aromatic rings. The lowest BCUT2D eigenvalue weighted by atomic mass is 9.99. The Morgan fingerprint density at radius 2 is 2.00 bits per heavy atom. The first-order valence-electron chi connectivity index (χ1n) is 7.57. The summed E-state index contributed by atoms with van der Waals surface area (Å²) in [7, 11) is 0. The van der Waals surface area contributed by atoms with Gasteiger partial charge in [0, 0.05) is 6.54 Å². The Morgan fingerprint density at radius 1 is 1.25 bits per heavy atom. The van der Waals surface area contributed by atoms with Crippen molar-refractivity contribution in [3.63, 3.8) is 0 Å². The van der Waals surface area contributed by atoms with Crippen LogP contribution in [0.1, 0.15) is 19.1 Å². The first kappa shape index (κ1) is 16.0. The van der Waals surface area contributed by atoms with E-state index < -0.39 is 11.6 Å². The van der Waals surface area contributed by atoms with Gasteiger partial charge in [-0.05, 0) is 49.7 Å². The van der Waals surface area contributed by atoms with Crippen LogP contribution in [0.25, 0.3) is 0 Å². The molecule has 3 amide bonds. The van der Waals surface area contributed by atoms with Gasteiger partial charge < -0.3 is 14.5 Å². The highest BCUT2D eigenvalue weighted by molar-refractivity contribution is 6.06. The minimum Gasteiger partial charge on any atom is -0.494 e. The molecule has 1 fully saturated rings. The zero-order valence-corrected chi connectivity index (χ0v) is 13.1. The van der Waals surface area contributed by atoms with Gasteiger partial charge >= 0.3 is 6.03 Å². The molecular weight excluding hydrogens is 315 g/mol. The fourth-order valence-electron chi connectivity index (χ4n) is 2.57. The highest BCUT2D eigenvalue weighted by Crippen LogP contribution is 2.29. The van der Waals surface area contributed by atoms with Crippen molar-refractivity contribution in [2.75, 3.05) is 13.2 Å². The number of ether oxygens (including phenoxy) is 1. The van der Waals surface area contributed by atoms with E-state index in [1.165, 1.54) is 30.5 Å². The number of benzene rings is 1. The number of hydrogen-bond donors (Lipinski definition) is 1. The molecule has 1 aromatic heterocycles. The lowest BCUT2D eigenvalue weighted by Gasteiger charge is -2.19. The fraction of sp³-hybridized carbons (Fsp3) is 0.294. The van der Waals surface area contributed by atoms with Crippen LogP contribution in [0, 0.1) is 5.82 Å². The van der Waals surface area contributed by atoms with E-state index in [4.69, 9.17) is 9.15 Å². The molecule has 7 heteroatoms. The van der Waals surface area contributed by atoms with Crippen molar-refractivity contribution in [2.45, 2.75) is 18.9 Å². The minimum absolute atomic E-state index is 0.224. The molecule has 126 valence electrons. The summed E-state index contributed by atoms with van der Waals surface area (Å²) in [6.07, 6.45) is 1.92. The number of amides is 3. The van der Waals surface area contributed by atoms with Crippen molar-refractivity contribution in [3.8, 4) is 5.75 Å². The molecular formula is C17H17FN2O4. The number of nitrogens with one attached hydrogen (secondary N) is 1. The molecule has 0 aliphatic carbocycles. The molecule has 1 aliphatic heterocycles. The average Bonchev–Trinajstić information content (AvgIpc) is 3.17. The normalized spacial score (nSPS) is 20.3. The third-order valence-corrected chi connectivity index (χ3v) is 3.90. The quantitative estimate of drug-likeness (QED) is 0.652. The van der Waals surface area contributed by atoms with Crippen LogP contribution in [0.4, 0.5) is 9.18 Å². The Kier molecular flexibility index (Phi) is 4.24. The molecule has 1 saturated heterocycles. The summed E-state index contributed by atoms with van der Waals surface area (Å²) in [6.45, 7) is 2.14. The van der Waals surface area contributed by atoms with E-state index in [9.17, 15) is 14.0 Å². The summed E-state index contributed by atoms with van der Waals surface area (Å²) < 4.78 is 23.5. The number of carbonyl (C=O) groups excluding carboxylic acids is 2. The predicted octanol–water partition coefficient (Wildman–Crippen LogP) is 2.65. The first-order chi connectivity index (χ1) is 11.5. The Balaban J connectivity index is 1.55. The Morgan fingerprint density at radius 3 is 2.67 bits per heavy atom. The van der Waals surface area contributed by atoms with Crippen molar-refractivity contribution in [3.05, 3.63) is 54.2 Å². The number of rotatable bonds is 6. The van der Waals surface area contributed by atoms with Crippen LogP contribution in [0.5, 0.6) is 5.75 Å². The topological polar surface area (TPSA) is 71.8 Å². The SMILES string of the molecule is CC1(c2ccco2)NC(=O)N(CCCOc2ccc(F)cc2)C1=O. The van der Waals surface area contributed by atoms with Crippen LogP contribution < -0.4 is 10.1 Å². The van der Waals surface area contributed by atoms with Gasteiger partial charge in [-0.1, -0.05) is 0 Å². The molecule has 3 rings (SSSR count). The van der Waals surface area contributed by atoms with E-state index in [0.29, 0.717) is 24.5 Å². The summed E-state index contributed by atoms with van der Waals surface area (Å²) in [5, 5.41) is 2.66. The zero-order valence-electron chi connectivity index (χ0n) is 13.1. The largest absolute Gasteiger partial charge is 0.494 e. The van der Waals surface area contributed by atoms with Crippen LogP contribution in [-0.2, 0) is 10.3 Å². The van der Waals surface area contributed by atoms with E-state index in [1.807, 2.05) is 0 Å². The van der Waals surface area contributed by atoms with E-state index in [0.717, 1.165) is 4.90 Å². The lowest BCUT2D eigenvalue weighted by Crippen LogP contribution is -2.40. The number of nitrogens with zero attached hydrogens (tertiary/aromatic N) is 1. The molecule has 1 aliphatic rings. The Labute approximate surface area is 138 Å². The van der Waals surface area contributed by atoms with Crippen molar-refractivity contribution in [1.82, 2.24) is 10.2 Å². The Bertz CT molecular complexity index is 730. The molecule has 1 aromatic carbocycles. The van der Waals surface area contributed by atoms with Crippen molar-refractivity contribution < 1.29 is 23.1 Å². The third kappa shape index (κ3) is 2.97. The molecule has 0 spiro atoms. The van der Waals surface area contributed by atoms with Gasteiger partial charge in [0.1, 0.15) is 17.3 Å². The predicted molar refractivity (Wildman–Crippen MR) is 82.8 cm³/mol. The van der Waals surface area contributed by atoms with Crippen LogP contribution >= 0.6 is 0 Å². The fourth-order valence-corrected chi connectivity index (χ4v) is 2.57. The van der Waals surface area contributed by atoms with Gasteiger partial charge in [-0.2, -0.15) is 0 Å². The van der Waals surface area contributed by atoms with Crippen molar-refractivity contribution in [2.24, 2.45) is 0 Å². The van der Waals surface area contributed by atoms with E-state index in [-0.39, 0.29) is 18.3 Å². The van der Waals surface area contributed by atoms with Crippen molar-refractivity contribution in [1.29, 1.82) is 0 Å². The van der Waals surface area contributed by atoms with Gasteiger partial charge in [0.15, 0.2) is 5.54 Å². The van der Waals surface area contributed by atoms with E-state index in [1.54, 1.807) is 19.1 Å². The number of imide groups is 1. The molecule has 24 heavy (non-hydrogen) atoms. The number of hydrogen-bond acceptors (Lipinski definition) is 4. The Hall–Kier alpha value is -2.83. The van der Waals surface area contributed by atoms with Gasteiger partial charge in [-0.15, -0.1) is 0 Å². The molecule has 0 saturated carbocycles. The highest BCUT2D eigenvalue weighted by atomic mass is 19.1. The van der Waals surface area contributed by atoms with Gasteiger partial charge in [0.25, 0.3) is 5.91 Å². The van der Waals surface area contributed by atoms with Crippen LogP contribution in [0.2, 0.25) is 0 Å². The first-order valence-corrected chi connectivity index (χ1v) is 7.57. The minimum atomic E-state index is -1.18. The zero-order chi connectivity index (χ0) is 17.2. The van der Waals surface area contributed by atoms with Crippen LogP contribution in [0.3, 0.4) is 0 Å². The van der Waals surface area contributed by atoms with Crippen molar-refractivity contribution >= 4 is 11.9 Å². The second kappa shape index (κ2) is 6.35. The van der Waals surface area contributed by atoms with Crippen LogP contribution in [0.15, 0.2) is 47.1 Å². The number of halogens is 1. The average molecular weight is 332 g/mol. The number of furan rings is 1. The molecule has 1 atom stereocenters. The molecule has 2 heterocycles. The molecule has 6 nitrogen and oxygen atoms in total. The maximum Gasteiger partial charge on any atom is 0.325 e. The van der Waals surface area contributed by atoms with E-state index in [2.05, 4.69) is 5.32 Å². The maximum atomic E-state index is 12.8. The number of carbonyl (C=O) groups is 2. The molecule has 0 radical (unpaired) electrons. The monoisotopic (exact) mass is 332 g/mol.